The van der Waals surface area contributed by atoms with Gasteiger partial charge in [-0.2, -0.15) is 0 Å². The van der Waals surface area contributed by atoms with Crippen molar-refractivity contribution >= 4 is 11.4 Å². The molecule has 0 radical (unpaired) electrons. The molecule has 2 aromatic carbocycles. The Hall–Kier alpha value is -2.16. The van der Waals surface area contributed by atoms with Crippen LogP contribution >= 0.6 is 0 Å². The van der Waals surface area contributed by atoms with Gasteiger partial charge in [-0.15, -0.1) is 0 Å². The predicted octanol–water partition coefficient (Wildman–Crippen LogP) is 4.01. The van der Waals surface area contributed by atoms with E-state index in [4.69, 9.17) is 10.5 Å². The van der Waals surface area contributed by atoms with E-state index in [1.165, 1.54) is 18.4 Å². The molecular formula is C18H22N2O. The van der Waals surface area contributed by atoms with Crippen LogP contribution in [0.4, 0.5) is 11.4 Å². The number of rotatable bonds is 4. The highest BCUT2D eigenvalue weighted by molar-refractivity contribution is 5.62. The highest BCUT2D eigenvalue weighted by atomic mass is 16.5. The number of nitrogen functional groups attached to an aromatic ring is 1. The standard InChI is InChI=1S/C18H22N2O/c1-2-21-17-12-15(19)11-16(13-17)20-10-6-9-18(20)14-7-4-3-5-8-14/h3-5,7-8,11-13,18H,2,6,9-10,19H2,1H3. The van der Waals surface area contributed by atoms with Gasteiger partial charge in [-0.25, -0.2) is 0 Å². The Labute approximate surface area is 126 Å². The first-order valence-corrected chi connectivity index (χ1v) is 7.63. The lowest BCUT2D eigenvalue weighted by Crippen LogP contribution is -2.22. The van der Waals surface area contributed by atoms with Gasteiger partial charge in [-0.3, -0.25) is 0 Å². The van der Waals surface area contributed by atoms with Crippen LogP contribution in [-0.4, -0.2) is 13.2 Å². The van der Waals surface area contributed by atoms with Crippen LogP contribution in [0.25, 0.3) is 0 Å². The van der Waals surface area contributed by atoms with E-state index < -0.39 is 0 Å². The van der Waals surface area contributed by atoms with Gasteiger partial charge in [-0.05, 0) is 31.4 Å². The molecule has 0 saturated carbocycles. The van der Waals surface area contributed by atoms with Crippen molar-refractivity contribution in [3.63, 3.8) is 0 Å². The largest absolute Gasteiger partial charge is 0.494 e. The lowest BCUT2D eigenvalue weighted by molar-refractivity contribution is 0.340. The normalized spacial score (nSPS) is 18.0. The van der Waals surface area contributed by atoms with E-state index in [2.05, 4.69) is 41.3 Å². The third-order valence-electron chi connectivity index (χ3n) is 3.99. The van der Waals surface area contributed by atoms with Crippen LogP contribution < -0.4 is 15.4 Å². The van der Waals surface area contributed by atoms with Gasteiger partial charge in [-0.1, -0.05) is 30.3 Å². The van der Waals surface area contributed by atoms with Gasteiger partial charge >= 0.3 is 0 Å². The summed E-state index contributed by atoms with van der Waals surface area (Å²) in [5.74, 6) is 0.853. The van der Waals surface area contributed by atoms with E-state index in [-0.39, 0.29) is 0 Å². The molecule has 1 unspecified atom stereocenters. The van der Waals surface area contributed by atoms with Crippen LogP contribution in [0.5, 0.6) is 5.75 Å². The molecule has 2 N–H and O–H groups in total. The van der Waals surface area contributed by atoms with E-state index in [1.54, 1.807) is 0 Å². The first kappa shape index (κ1) is 13.8. The van der Waals surface area contributed by atoms with Gasteiger partial charge in [0.25, 0.3) is 0 Å². The number of benzene rings is 2. The Morgan fingerprint density at radius 3 is 2.76 bits per heavy atom. The second-order valence-corrected chi connectivity index (χ2v) is 5.46. The van der Waals surface area contributed by atoms with Crippen LogP contribution in [-0.2, 0) is 0 Å². The zero-order chi connectivity index (χ0) is 14.7. The summed E-state index contributed by atoms with van der Waals surface area (Å²) < 4.78 is 5.62. The van der Waals surface area contributed by atoms with Crippen LogP contribution in [0.3, 0.4) is 0 Å². The van der Waals surface area contributed by atoms with Crippen molar-refractivity contribution in [3.8, 4) is 5.75 Å². The monoisotopic (exact) mass is 282 g/mol. The molecule has 2 aromatic rings. The van der Waals surface area contributed by atoms with Crippen molar-refractivity contribution in [2.75, 3.05) is 23.8 Å². The molecule has 1 heterocycles. The van der Waals surface area contributed by atoms with Crippen LogP contribution in [0, 0.1) is 0 Å². The van der Waals surface area contributed by atoms with E-state index in [1.807, 2.05) is 19.1 Å². The van der Waals surface area contributed by atoms with Gasteiger partial charge in [0.15, 0.2) is 0 Å². The molecule has 0 spiro atoms. The average molecular weight is 282 g/mol. The molecule has 0 amide bonds. The highest BCUT2D eigenvalue weighted by Crippen LogP contribution is 2.38. The fraction of sp³-hybridized carbons (Fsp3) is 0.333. The Kier molecular flexibility index (Phi) is 4.00. The average Bonchev–Trinajstić information content (AvgIpc) is 2.97. The molecule has 0 aliphatic carbocycles. The summed E-state index contributed by atoms with van der Waals surface area (Å²) in [7, 11) is 0. The van der Waals surface area contributed by atoms with Gasteiger partial charge in [0.2, 0.25) is 0 Å². The maximum Gasteiger partial charge on any atom is 0.123 e. The third-order valence-corrected chi connectivity index (χ3v) is 3.99. The number of hydrogen-bond acceptors (Lipinski definition) is 3. The maximum atomic E-state index is 6.03. The molecule has 1 aliphatic heterocycles. The minimum Gasteiger partial charge on any atom is -0.494 e. The molecule has 1 saturated heterocycles. The molecule has 3 nitrogen and oxygen atoms in total. The zero-order valence-electron chi connectivity index (χ0n) is 12.5. The second-order valence-electron chi connectivity index (χ2n) is 5.46. The predicted molar refractivity (Wildman–Crippen MR) is 87.8 cm³/mol. The van der Waals surface area contributed by atoms with Crippen molar-refractivity contribution in [1.82, 2.24) is 0 Å². The highest BCUT2D eigenvalue weighted by Gasteiger charge is 2.26. The summed E-state index contributed by atoms with van der Waals surface area (Å²) in [4.78, 5) is 2.44. The summed E-state index contributed by atoms with van der Waals surface area (Å²) in [6, 6.07) is 17.2. The van der Waals surface area contributed by atoms with E-state index >= 15 is 0 Å². The minimum atomic E-state index is 0.433. The molecule has 3 heteroatoms. The fourth-order valence-corrected chi connectivity index (χ4v) is 3.12. The van der Waals surface area contributed by atoms with Crippen LogP contribution in [0.2, 0.25) is 0 Å². The smallest absolute Gasteiger partial charge is 0.123 e. The fourth-order valence-electron chi connectivity index (χ4n) is 3.12. The van der Waals surface area contributed by atoms with Gasteiger partial charge in [0.05, 0.1) is 12.6 Å². The first-order chi connectivity index (χ1) is 10.3. The Morgan fingerprint density at radius 1 is 1.19 bits per heavy atom. The summed E-state index contributed by atoms with van der Waals surface area (Å²) in [6.07, 6.45) is 2.39. The molecule has 0 aromatic heterocycles. The number of nitrogens with two attached hydrogens (primary N) is 1. The van der Waals surface area contributed by atoms with Crippen molar-refractivity contribution in [2.24, 2.45) is 0 Å². The van der Waals surface area contributed by atoms with Crippen LogP contribution in [0.15, 0.2) is 48.5 Å². The number of anilines is 2. The quantitative estimate of drug-likeness (QED) is 0.861. The Bertz CT molecular complexity index is 597. The van der Waals surface area contributed by atoms with E-state index in [9.17, 15) is 0 Å². The van der Waals surface area contributed by atoms with Gasteiger partial charge < -0.3 is 15.4 Å². The summed E-state index contributed by atoms with van der Waals surface area (Å²) in [5.41, 5.74) is 9.32. The van der Waals surface area contributed by atoms with E-state index in [0.29, 0.717) is 12.6 Å². The molecule has 3 rings (SSSR count). The first-order valence-electron chi connectivity index (χ1n) is 7.63. The van der Waals surface area contributed by atoms with Crippen molar-refractivity contribution in [3.05, 3.63) is 54.1 Å². The zero-order valence-corrected chi connectivity index (χ0v) is 12.5. The van der Waals surface area contributed by atoms with Crippen molar-refractivity contribution < 1.29 is 4.74 Å². The Balaban J connectivity index is 1.92. The third kappa shape index (κ3) is 2.97. The molecule has 0 bridgehead atoms. The van der Waals surface area contributed by atoms with Crippen LogP contribution in [0.1, 0.15) is 31.4 Å². The lowest BCUT2D eigenvalue weighted by atomic mass is 10.0. The summed E-state index contributed by atoms with van der Waals surface area (Å²) in [5, 5.41) is 0. The van der Waals surface area contributed by atoms with E-state index in [0.717, 1.165) is 23.7 Å². The molecule has 1 atom stereocenters. The maximum absolute atomic E-state index is 6.03. The molecular weight excluding hydrogens is 260 g/mol. The van der Waals surface area contributed by atoms with Crippen molar-refractivity contribution in [1.29, 1.82) is 0 Å². The lowest BCUT2D eigenvalue weighted by Gasteiger charge is -2.28. The molecule has 1 aliphatic rings. The summed E-state index contributed by atoms with van der Waals surface area (Å²) >= 11 is 0. The van der Waals surface area contributed by atoms with Gasteiger partial charge in [0.1, 0.15) is 5.75 Å². The second kappa shape index (κ2) is 6.08. The minimum absolute atomic E-state index is 0.433. The number of nitrogens with zero attached hydrogens (tertiary/aromatic N) is 1. The summed E-state index contributed by atoms with van der Waals surface area (Å²) in [6.45, 7) is 3.71. The van der Waals surface area contributed by atoms with Crippen molar-refractivity contribution in [2.45, 2.75) is 25.8 Å². The molecule has 21 heavy (non-hydrogen) atoms. The number of hydrogen-bond donors (Lipinski definition) is 1. The number of ether oxygens (including phenoxy) is 1. The SMILES string of the molecule is CCOc1cc(N)cc(N2CCCC2c2ccccc2)c1. The molecule has 110 valence electrons. The van der Waals surface area contributed by atoms with Gasteiger partial charge in [0, 0.05) is 30.1 Å². The molecule has 1 fully saturated rings. The Morgan fingerprint density at radius 2 is 2.00 bits per heavy atom. The topological polar surface area (TPSA) is 38.5 Å².